The van der Waals surface area contributed by atoms with Crippen LogP contribution in [0.3, 0.4) is 0 Å². The van der Waals surface area contributed by atoms with Crippen LogP contribution < -0.4 is 21.7 Å². The summed E-state index contributed by atoms with van der Waals surface area (Å²) in [6.07, 6.45) is -0.844. The van der Waals surface area contributed by atoms with E-state index in [4.69, 9.17) is 5.73 Å². The van der Waals surface area contributed by atoms with Crippen LogP contribution in [0.1, 0.15) is 26.3 Å². The number of primary amides is 1. The van der Waals surface area contributed by atoms with Crippen molar-refractivity contribution in [2.24, 2.45) is 11.7 Å². The van der Waals surface area contributed by atoms with E-state index in [9.17, 15) is 14.4 Å². The molecule has 1 aromatic carbocycles. The lowest BCUT2D eigenvalue weighted by molar-refractivity contribution is -0.128. The molecule has 1 aromatic rings. The zero-order chi connectivity index (χ0) is 19.0. The first-order valence-corrected chi connectivity index (χ1v) is 8.04. The standard InChI is InChI=1S/C17H26N4O4/c1-10(2)14(19-4)16(23)20-11(3)15(22)21-13-7-5-12(6-8-13)9-25-17(18)24/h5-8,10-11,14,19H,9H2,1-4H3,(H2,18,24)(H,20,23)(H,21,22). The second-order valence-corrected chi connectivity index (χ2v) is 6.03. The number of anilines is 1. The van der Waals surface area contributed by atoms with Gasteiger partial charge in [0, 0.05) is 5.69 Å². The second kappa shape index (κ2) is 9.63. The van der Waals surface area contributed by atoms with E-state index >= 15 is 0 Å². The molecule has 0 bridgehead atoms. The van der Waals surface area contributed by atoms with Crippen LogP contribution in [-0.4, -0.2) is 37.0 Å². The van der Waals surface area contributed by atoms with Crippen LogP contribution >= 0.6 is 0 Å². The van der Waals surface area contributed by atoms with Crippen molar-refractivity contribution in [3.05, 3.63) is 29.8 Å². The third-order valence-corrected chi connectivity index (χ3v) is 3.61. The number of hydrogen-bond acceptors (Lipinski definition) is 5. The van der Waals surface area contributed by atoms with Crippen LogP contribution in [0.2, 0.25) is 0 Å². The van der Waals surface area contributed by atoms with E-state index in [1.54, 1.807) is 38.2 Å². The van der Waals surface area contributed by atoms with Gasteiger partial charge in [0.05, 0.1) is 6.04 Å². The summed E-state index contributed by atoms with van der Waals surface area (Å²) in [5, 5.41) is 8.34. The molecule has 0 spiro atoms. The van der Waals surface area contributed by atoms with Crippen molar-refractivity contribution in [2.45, 2.75) is 39.5 Å². The van der Waals surface area contributed by atoms with Crippen molar-refractivity contribution < 1.29 is 19.1 Å². The van der Waals surface area contributed by atoms with E-state index < -0.39 is 12.1 Å². The summed E-state index contributed by atoms with van der Waals surface area (Å²) < 4.78 is 4.68. The van der Waals surface area contributed by atoms with Gasteiger partial charge in [0.1, 0.15) is 12.6 Å². The van der Waals surface area contributed by atoms with Gasteiger partial charge in [0.25, 0.3) is 0 Å². The molecule has 5 N–H and O–H groups in total. The van der Waals surface area contributed by atoms with Gasteiger partial charge < -0.3 is 26.4 Å². The van der Waals surface area contributed by atoms with Gasteiger partial charge in [-0.1, -0.05) is 26.0 Å². The Bertz CT molecular complexity index is 601. The highest BCUT2D eigenvalue weighted by atomic mass is 16.5. The average molecular weight is 350 g/mol. The zero-order valence-electron chi connectivity index (χ0n) is 15.0. The Morgan fingerprint density at radius 3 is 2.16 bits per heavy atom. The predicted molar refractivity (Wildman–Crippen MR) is 94.7 cm³/mol. The molecule has 138 valence electrons. The summed E-state index contributed by atoms with van der Waals surface area (Å²) in [6.45, 7) is 5.54. The van der Waals surface area contributed by atoms with Gasteiger partial charge >= 0.3 is 6.09 Å². The van der Waals surface area contributed by atoms with Crippen molar-refractivity contribution in [1.29, 1.82) is 0 Å². The molecular formula is C17H26N4O4. The topological polar surface area (TPSA) is 123 Å². The van der Waals surface area contributed by atoms with Crippen LogP contribution in [0.4, 0.5) is 10.5 Å². The summed E-state index contributed by atoms with van der Waals surface area (Å²) in [5.41, 5.74) is 6.22. The normalized spacial score (nSPS) is 13.0. The summed E-state index contributed by atoms with van der Waals surface area (Å²) in [4.78, 5) is 34.9. The Morgan fingerprint density at radius 1 is 1.08 bits per heavy atom. The van der Waals surface area contributed by atoms with Crippen molar-refractivity contribution in [1.82, 2.24) is 10.6 Å². The molecule has 8 nitrogen and oxygen atoms in total. The van der Waals surface area contributed by atoms with Crippen LogP contribution in [0, 0.1) is 5.92 Å². The molecular weight excluding hydrogens is 324 g/mol. The fraction of sp³-hybridized carbons (Fsp3) is 0.471. The van der Waals surface area contributed by atoms with E-state index in [1.165, 1.54) is 0 Å². The van der Waals surface area contributed by atoms with Gasteiger partial charge in [-0.2, -0.15) is 0 Å². The lowest BCUT2D eigenvalue weighted by Crippen LogP contribution is -2.51. The van der Waals surface area contributed by atoms with Crippen molar-refractivity contribution in [3.8, 4) is 0 Å². The van der Waals surface area contributed by atoms with E-state index in [0.29, 0.717) is 5.69 Å². The molecule has 2 atom stereocenters. The summed E-state index contributed by atoms with van der Waals surface area (Å²) in [6, 6.07) is 5.72. The maximum atomic E-state index is 12.2. The molecule has 0 aliphatic carbocycles. The SMILES string of the molecule is CNC(C(=O)NC(C)C(=O)Nc1ccc(COC(N)=O)cc1)C(C)C. The fourth-order valence-corrected chi connectivity index (χ4v) is 2.23. The molecule has 0 saturated heterocycles. The molecule has 0 fully saturated rings. The molecule has 0 saturated carbocycles. The minimum absolute atomic E-state index is 0.0661. The predicted octanol–water partition coefficient (Wildman–Crippen LogP) is 0.969. The van der Waals surface area contributed by atoms with Crippen molar-refractivity contribution >= 4 is 23.6 Å². The first-order chi connectivity index (χ1) is 11.7. The van der Waals surface area contributed by atoms with Gasteiger partial charge in [-0.25, -0.2) is 4.79 Å². The van der Waals surface area contributed by atoms with Gasteiger partial charge in [-0.3, -0.25) is 9.59 Å². The lowest BCUT2D eigenvalue weighted by atomic mass is 10.0. The number of benzene rings is 1. The summed E-state index contributed by atoms with van der Waals surface area (Å²) in [5.74, 6) is -0.442. The molecule has 1 rings (SSSR count). The fourth-order valence-electron chi connectivity index (χ4n) is 2.23. The zero-order valence-corrected chi connectivity index (χ0v) is 15.0. The van der Waals surface area contributed by atoms with Crippen molar-refractivity contribution in [3.63, 3.8) is 0 Å². The second-order valence-electron chi connectivity index (χ2n) is 6.03. The number of likely N-dealkylation sites (N-methyl/N-ethyl adjacent to an activating group) is 1. The van der Waals surface area contributed by atoms with Crippen LogP contribution in [0.25, 0.3) is 0 Å². The van der Waals surface area contributed by atoms with E-state index in [2.05, 4.69) is 20.7 Å². The van der Waals surface area contributed by atoms with Crippen LogP contribution in [0.15, 0.2) is 24.3 Å². The first-order valence-electron chi connectivity index (χ1n) is 8.04. The highest BCUT2D eigenvalue weighted by molar-refractivity contribution is 5.97. The first kappa shape index (κ1) is 20.4. The molecule has 3 amide bonds. The number of ether oxygens (including phenoxy) is 1. The highest BCUT2D eigenvalue weighted by Crippen LogP contribution is 2.11. The number of rotatable bonds is 8. The van der Waals surface area contributed by atoms with E-state index in [-0.39, 0.29) is 30.4 Å². The molecule has 0 aromatic heterocycles. The Hall–Kier alpha value is -2.61. The van der Waals surface area contributed by atoms with Gasteiger partial charge in [0.2, 0.25) is 11.8 Å². The van der Waals surface area contributed by atoms with Gasteiger partial charge in [-0.15, -0.1) is 0 Å². The molecule has 25 heavy (non-hydrogen) atoms. The number of nitrogens with two attached hydrogens (primary N) is 1. The van der Waals surface area contributed by atoms with Gasteiger partial charge in [-0.05, 0) is 37.6 Å². The summed E-state index contributed by atoms with van der Waals surface area (Å²) >= 11 is 0. The molecule has 0 heterocycles. The minimum Gasteiger partial charge on any atom is -0.445 e. The number of amides is 3. The average Bonchev–Trinajstić information content (AvgIpc) is 2.54. The minimum atomic E-state index is -0.844. The molecule has 2 unspecified atom stereocenters. The van der Waals surface area contributed by atoms with Crippen LogP contribution in [-0.2, 0) is 20.9 Å². The van der Waals surface area contributed by atoms with E-state index in [0.717, 1.165) is 5.56 Å². The van der Waals surface area contributed by atoms with Crippen LogP contribution in [0.5, 0.6) is 0 Å². The molecule has 0 aliphatic heterocycles. The largest absolute Gasteiger partial charge is 0.445 e. The number of carbonyl (C=O) groups excluding carboxylic acids is 3. The Balaban J connectivity index is 2.57. The van der Waals surface area contributed by atoms with Crippen molar-refractivity contribution in [2.75, 3.05) is 12.4 Å². The maximum absolute atomic E-state index is 12.2. The lowest BCUT2D eigenvalue weighted by Gasteiger charge is -2.22. The summed E-state index contributed by atoms with van der Waals surface area (Å²) in [7, 11) is 1.71. The number of nitrogens with one attached hydrogen (secondary N) is 3. The number of hydrogen-bond donors (Lipinski definition) is 4. The quantitative estimate of drug-likeness (QED) is 0.556. The smallest absolute Gasteiger partial charge is 0.404 e. The molecule has 0 radical (unpaired) electrons. The molecule has 8 heteroatoms. The third-order valence-electron chi connectivity index (χ3n) is 3.61. The Morgan fingerprint density at radius 2 is 1.68 bits per heavy atom. The Labute approximate surface area is 147 Å². The van der Waals surface area contributed by atoms with Gasteiger partial charge in [0.15, 0.2) is 0 Å². The Kier molecular flexibility index (Phi) is 7.87. The maximum Gasteiger partial charge on any atom is 0.404 e. The third kappa shape index (κ3) is 6.80. The number of carbonyl (C=O) groups is 3. The monoisotopic (exact) mass is 350 g/mol. The highest BCUT2D eigenvalue weighted by Gasteiger charge is 2.23. The van der Waals surface area contributed by atoms with E-state index in [1.807, 2.05) is 13.8 Å². The molecule has 0 aliphatic rings.